The number of sulfonamides is 1. The third-order valence-corrected chi connectivity index (χ3v) is 6.98. The minimum Gasteiger partial charge on any atom is -0.492 e. The molecule has 0 aliphatic heterocycles. The van der Waals surface area contributed by atoms with E-state index in [-0.39, 0.29) is 34.6 Å². The van der Waals surface area contributed by atoms with Crippen LogP contribution in [0.1, 0.15) is 35.1 Å². The Labute approximate surface area is 189 Å². The maximum absolute atomic E-state index is 12.6. The van der Waals surface area contributed by atoms with Gasteiger partial charge in [0.2, 0.25) is 15.2 Å². The van der Waals surface area contributed by atoms with Crippen LogP contribution in [0.2, 0.25) is 5.02 Å². The highest BCUT2D eigenvalue weighted by atomic mass is 35.5. The largest absolute Gasteiger partial charge is 0.492 e. The first-order valence-electron chi connectivity index (χ1n) is 9.38. The van der Waals surface area contributed by atoms with Crippen molar-refractivity contribution >= 4 is 44.0 Å². The molecule has 0 saturated heterocycles. The lowest BCUT2D eigenvalue weighted by molar-refractivity contribution is 0.102. The Morgan fingerprint density at radius 3 is 2.58 bits per heavy atom. The summed E-state index contributed by atoms with van der Waals surface area (Å²) in [6.45, 7) is 4.15. The van der Waals surface area contributed by atoms with Gasteiger partial charge in [0.15, 0.2) is 0 Å². The SMILES string of the molecule is CC(C)c1nnc(NC(=O)c2cc(S(=O)(=O)NCCOc3ccccc3)ccc2Cl)s1. The monoisotopic (exact) mass is 480 g/mol. The number of hydrogen-bond acceptors (Lipinski definition) is 7. The molecular formula is C20H21ClN4O4S2. The van der Waals surface area contributed by atoms with Crippen molar-refractivity contribution in [1.82, 2.24) is 14.9 Å². The summed E-state index contributed by atoms with van der Waals surface area (Å²) in [5, 5.41) is 11.8. The van der Waals surface area contributed by atoms with Crippen LogP contribution in [0.15, 0.2) is 53.4 Å². The second-order valence-corrected chi connectivity index (χ2v) is 9.94. The van der Waals surface area contributed by atoms with Gasteiger partial charge in [0.05, 0.1) is 15.5 Å². The summed E-state index contributed by atoms with van der Waals surface area (Å²) in [7, 11) is -3.86. The molecule has 0 unspecified atom stereocenters. The number of nitrogens with one attached hydrogen (secondary N) is 2. The Balaban J connectivity index is 1.66. The number of carbonyl (C=O) groups is 1. The molecule has 3 aromatic rings. The molecule has 0 fully saturated rings. The van der Waals surface area contributed by atoms with Gasteiger partial charge in [0.1, 0.15) is 17.4 Å². The standard InChI is InChI=1S/C20H21ClN4O4S2/c1-13(2)19-24-25-20(30-19)23-18(26)16-12-15(8-9-17(16)21)31(27,28)22-10-11-29-14-6-4-3-5-7-14/h3-9,12-13,22H,10-11H2,1-2H3,(H,23,25,26). The van der Waals surface area contributed by atoms with E-state index in [1.807, 2.05) is 32.0 Å². The second-order valence-electron chi connectivity index (χ2n) is 6.76. The average Bonchev–Trinajstić information content (AvgIpc) is 3.21. The van der Waals surface area contributed by atoms with Crippen LogP contribution < -0.4 is 14.8 Å². The van der Waals surface area contributed by atoms with Crippen LogP contribution >= 0.6 is 22.9 Å². The van der Waals surface area contributed by atoms with Gasteiger partial charge >= 0.3 is 0 Å². The van der Waals surface area contributed by atoms with Gasteiger partial charge in [0.25, 0.3) is 5.91 Å². The van der Waals surface area contributed by atoms with Crippen LogP contribution in [-0.4, -0.2) is 37.7 Å². The maximum atomic E-state index is 12.6. The van der Waals surface area contributed by atoms with Gasteiger partial charge in [-0.1, -0.05) is 55.0 Å². The van der Waals surface area contributed by atoms with Crippen molar-refractivity contribution in [2.24, 2.45) is 0 Å². The number of nitrogens with zero attached hydrogens (tertiary/aromatic N) is 2. The molecule has 0 aliphatic rings. The Bertz CT molecular complexity index is 1150. The molecule has 11 heteroatoms. The first kappa shape index (κ1) is 23.1. The van der Waals surface area contributed by atoms with E-state index < -0.39 is 15.9 Å². The minimum absolute atomic E-state index is 0.0198. The summed E-state index contributed by atoms with van der Waals surface area (Å²) in [5.74, 6) is 0.252. The number of aromatic nitrogens is 2. The normalized spacial score (nSPS) is 11.5. The first-order valence-corrected chi connectivity index (χ1v) is 12.1. The summed E-state index contributed by atoms with van der Waals surface area (Å²) in [6.07, 6.45) is 0. The van der Waals surface area contributed by atoms with E-state index in [0.29, 0.717) is 10.9 Å². The summed E-state index contributed by atoms with van der Waals surface area (Å²) in [4.78, 5) is 12.5. The highest BCUT2D eigenvalue weighted by Crippen LogP contribution is 2.25. The first-order chi connectivity index (χ1) is 14.8. The summed E-state index contributed by atoms with van der Waals surface area (Å²) in [5.41, 5.74) is 0.0198. The van der Waals surface area contributed by atoms with Crippen LogP contribution in [0.4, 0.5) is 5.13 Å². The number of benzene rings is 2. The number of hydrogen-bond donors (Lipinski definition) is 2. The topological polar surface area (TPSA) is 110 Å². The fourth-order valence-electron chi connectivity index (χ4n) is 2.47. The van der Waals surface area contributed by atoms with Gasteiger partial charge in [-0.15, -0.1) is 10.2 Å². The smallest absolute Gasteiger partial charge is 0.259 e. The van der Waals surface area contributed by atoms with Crippen molar-refractivity contribution in [2.75, 3.05) is 18.5 Å². The zero-order chi connectivity index (χ0) is 22.4. The summed E-state index contributed by atoms with van der Waals surface area (Å²) < 4.78 is 33.1. The van der Waals surface area contributed by atoms with Gasteiger partial charge in [-0.25, -0.2) is 13.1 Å². The van der Waals surface area contributed by atoms with E-state index >= 15 is 0 Å². The number of para-hydroxylation sites is 1. The lowest BCUT2D eigenvalue weighted by Gasteiger charge is -2.10. The van der Waals surface area contributed by atoms with Crippen LogP contribution in [0.5, 0.6) is 5.75 Å². The van der Waals surface area contributed by atoms with Crippen molar-refractivity contribution < 1.29 is 17.9 Å². The molecule has 31 heavy (non-hydrogen) atoms. The molecule has 1 aromatic heterocycles. The Morgan fingerprint density at radius 1 is 1.16 bits per heavy atom. The fraction of sp³-hybridized carbons (Fsp3) is 0.250. The van der Waals surface area contributed by atoms with Gasteiger partial charge in [-0.3, -0.25) is 10.1 Å². The third-order valence-electron chi connectivity index (χ3n) is 4.05. The number of amides is 1. The molecule has 3 rings (SSSR count). The van der Waals surface area contributed by atoms with Gasteiger partial charge in [-0.2, -0.15) is 0 Å². The zero-order valence-electron chi connectivity index (χ0n) is 16.8. The van der Waals surface area contributed by atoms with Crippen molar-refractivity contribution in [2.45, 2.75) is 24.7 Å². The average molecular weight is 481 g/mol. The minimum atomic E-state index is -3.86. The second kappa shape index (κ2) is 10.2. The molecule has 0 spiro atoms. The van der Waals surface area contributed by atoms with Gasteiger partial charge in [-0.05, 0) is 30.3 Å². The Kier molecular flexibility index (Phi) is 7.60. The predicted molar refractivity (Wildman–Crippen MR) is 121 cm³/mol. The highest BCUT2D eigenvalue weighted by molar-refractivity contribution is 7.89. The van der Waals surface area contributed by atoms with Crippen LogP contribution in [0.25, 0.3) is 0 Å². The molecule has 0 bridgehead atoms. The van der Waals surface area contributed by atoms with Gasteiger partial charge < -0.3 is 4.74 Å². The van der Waals surface area contributed by atoms with E-state index in [1.165, 1.54) is 29.5 Å². The zero-order valence-corrected chi connectivity index (χ0v) is 19.2. The quantitative estimate of drug-likeness (QED) is 0.449. The molecule has 0 aliphatic carbocycles. The molecule has 1 heterocycles. The lowest BCUT2D eigenvalue weighted by Crippen LogP contribution is -2.28. The van der Waals surface area contributed by atoms with Crippen LogP contribution in [0, 0.1) is 0 Å². The third kappa shape index (κ3) is 6.23. The van der Waals surface area contributed by atoms with E-state index in [4.69, 9.17) is 16.3 Å². The predicted octanol–water partition coefficient (Wildman–Crippen LogP) is 3.92. The fourth-order valence-corrected chi connectivity index (χ4v) is 4.46. The molecule has 0 saturated carbocycles. The molecule has 164 valence electrons. The number of carbonyl (C=O) groups excluding carboxylic acids is 1. The number of rotatable bonds is 9. The van der Waals surface area contributed by atoms with Crippen LogP contribution in [-0.2, 0) is 10.0 Å². The maximum Gasteiger partial charge on any atom is 0.259 e. The van der Waals surface area contributed by atoms with Crippen LogP contribution in [0.3, 0.4) is 0 Å². The summed E-state index contributed by atoms with van der Waals surface area (Å²) in [6, 6.07) is 13.0. The summed E-state index contributed by atoms with van der Waals surface area (Å²) >= 11 is 7.38. The van der Waals surface area contributed by atoms with E-state index in [9.17, 15) is 13.2 Å². The molecule has 0 radical (unpaired) electrons. The van der Waals surface area contributed by atoms with E-state index in [2.05, 4.69) is 20.2 Å². The number of ether oxygens (including phenoxy) is 1. The van der Waals surface area contributed by atoms with Gasteiger partial charge in [0, 0.05) is 12.5 Å². The highest BCUT2D eigenvalue weighted by Gasteiger charge is 2.20. The number of halogens is 1. The molecule has 2 aromatic carbocycles. The molecule has 0 atom stereocenters. The molecule has 2 N–H and O–H groups in total. The van der Waals surface area contributed by atoms with Crippen molar-refractivity contribution in [3.63, 3.8) is 0 Å². The Morgan fingerprint density at radius 2 is 1.90 bits per heavy atom. The van der Waals surface area contributed by atoms with Crippen molar-refractivity contribution in [3.8, 4) is 5.75 Å². The molecular weight excluding hydrogens is 460 g/mol. The lowest BCUT2D eigenvalue weighted by atomic mass is 10.2. The molecule has 1 amide bonds. The molecule has 8 nitrogen and oxygen atoms in total. The van der Waals surface area contributed by atoms with E-state index in [1.54, 1.807) is 12.1 Å². The van der Waals surface area contributed by atoms with Crippen molar-refractivity contribution in [1.29, 1.82) is 0 Å². The van der Waals surface area contributed by atoms with E-state index in [0.717, 1.165) is 5.01 Å². The number of anilines is 1. The van der Waals surface area contributed by atoms with Crippen molar-refractivity contribution in [3.05, 3.63) is 64.1 Å². The Hall–Kier alpha value is -2.53.